The zero-order valence-corrected chi connectivity index (χ0v) is 16.7. The van der Waals surface area contributed by atoms with Crippen LogP contribution in [0.15, 0.2) is 59.5 Å². The van der Waals surface area contributed by atoms with E-state index in [2.05, 4.69) is 6.07 Å². The fourth-order valence-electron chi connectivity index (χ4n) is 4.11. The van der Waals surface area contributed by atoms with Crippen molar-refractivity contribution in [2.45, 2.75) is 24.2 Å². The summed E-state index contributed by atoms with van der Waals surface area (Å²) in [6, 6.07) is 16.2. The molecule has 0 aliphatic carbocycles. The molecule has 6 nitrogen and oxygen atoms in total. The van der Waals surface area contributed by atoms with E-state index in [0.29, 0.717) is 31.0 Å². The molecule has 2 aliphatic rings. The van der Waals surface area contributed by atoms with E-state index >= 15 is 0 Å². The van der Waals surface area contributed by atoms with Crippen LogP contribution in [0.5, 0.6) is 0 Å². The first-order chi connectivity index (χ1) is 14.0. The molecule has 3 heterocycles. The van der Waals surface area contributed by atoms with Gasteiger partial charge in [0.25, 0.3) is 5.91 Å². The number of hydrogen-bond donors (Lipinski definition) is 0. The molecule has 0 saturated carbocycles. The lowest BCUT2D eigenvalue weighted by Crippen LogP contribution is -2.30. The van der Waals surface area contributed by atoms with E-state index in [1.165, 1.54) is 16.4 Å². The Balaban J connectivity index is 1.43. The molecule has 148 valence electrons. The van der Waals surface area contributed by atoms with Crippen LogP contribution in [0.25, 0.3) is 10.9 Å². The average molecular weight is 407 g/mol. The molecule has 7 heteroatoms. The molecular formula is C22H21N3O3S. The molecule has 3 aromatic rings. The van der Waals surface area contributed by atoms with Crippen LogP contribution in [0, 0.1) is 0 Å². The number of anilines is 1. The minimum atomic E-state index is -3.48. The van der Waals surface area contributed by atoms with Crippen LogP contribution in [-0.4, -0.2) is 43.2 Å². The molecule has 1 fully saturated rings. The molecule has 1 saturated heterocycles. The highest BCUT2D eigenvalue weighted by Gasteiger charge is 2.29. The van der Waals surface area contributed by atoms with Gasteiger partial charge in [0.05, 0.1) is 10.4 Å². The Hall–Kier alpha value is -2.77. The van der Waals surface area contributed by atoms with Gasteiger partial charge in [0.2, 0.25) is 10.0 Å². The number of fused-ring (bicyclic) bond motifs is 2. The number of carbonyl (C=O) groups excluding carboxylic acids is 1. The van der Waals surface area contributed by atoms with Gasteiger partial charge in [-0.05, 0) is 61.2 Å². The number of nitrogens with zero attached hydrogens (tertiary/aromatic N) is 3. The summed E-state index contributed by atoms with van der Waals surface area (Å²) in [5, 5.41) is 1.07. The van der Waals surface area contributed by atoms with Gasteiger partial charge in [-0.15, -0.1) is 0 Å². The summed E-state index contributed by atoms with van der Waals surface area (Å²) in [4.78, 5) is 19.7. The van der Waals surface area contributed by atoms with E-state index in [9.17, 15) is 13.2 Å². The third-order valence-electron chi connectivity index (χ3n) is 5.69. The zero-order valence-electron chi connectivity index (χ0n) is 15.9. The maximum atomic E-state index is 13.1. The summed E-state index contributed by atoms with van der Waals surface area (Å²) < 4.78 is 26.9. The molecule has 0 bridgehead atoms. The smallest absolute Gasteiger partial charge is 0.259 e. The molecule has 0 unspecified atom stereocenters. The normalized spacial score (nSPS) is 17.0. The van der Waals surface area contributed by atoms with Crippen molar-refractivity contribution in [1.82, 2.24) is 9.29 Å². The standard InChI is InChI=1S/C22H21N3O3S/c26-22(16-7-9-19(10-8-16)29(27,28)24-12-3-4-13-24)25-14-11-18-15-17-5-1-2-6-20(17)23-21(18)25/h1-2,5-10,15H,3-4,11-14H2. The topological polar surface area (TPSA) is 70.6 Å². The van der Waals surface area contributed by atoms with E-state index in [-0.39, 0.29) is 10.8 Å². The lowest BCUT2D eigenvalue weighted by molar-refractivity contribution is 0.0988. The molecule has 5 rings (SSSR count). The molecule has 1 aromatic heterocycles. The number of rotatable bonds is 3. The fourth-order valence-corrected chi connectivity index (χ4v) is 5.62. The predicted molar refractivity (Wildman–Crippen MR) is 112 cm³/mol. The average Bonchev–Trinajstić information content (AvgIpc) is 3.42. The molecule has 0 N–H and O–H groups in total. The van der Waals surface area contributed by atoms with E-state index in [4.69, 9.17) is 4.98 Å². The van der Waals surface area contributed by atoms with Gasteiger partial charge < -0.3 is 0 Å². The van der Waals surface area contributed by atoms with Gasteiger partial charge in [-0.3, -0.25) is 9.69 Å². The van der Waals surface area contributed by atoms with Gasteiger partial charge >= 0.3 is 0 Å². The molecule has 29 heavy (non-hydrogen) atoms. The second-order valence-electron chi connectivity index (χ2n) is 7.51. The van der Waals surface area contributed by atoms with Crippen LogP contribution >= 0.6 is 0 Å². The Bertz CT molecular complexity index is 1200. The highest BCUT2D eigenvalue weighted by Crippen LogP contribution is 2.30. The van der Waals surface area contributed by atoms with Crippen molar-refractivity contribution in [2.75, 3.05) is 24.5 Å². The van der Waals surface area contributed by atoms with Crippen molar-refractivity contribution in [3.05, 3.63) is 65.7 Å². The number of sulfonamides is 1. The van der Waals surface area contributed by atoms with Gasteiger partial charge in [-0.1, -0.05) is 18.2 Å². The quantitative estimate of drug-likeness (QED) is 0.668. The summed E-state index contributed by atoms with van der Waals surface area (Å²) >= 11 is 0. The number of hydrogen-bond acceptors (Lipinski definition) is 4. The molecule has 1 amide bonds. The molecule has 0 spiro atoms. The first-order valence-corrected chi connectivity index (χ1v) is 11.3. The monoisotopic (exact) mass is 407 g/mol. The summed E-state index contributed by atoms with van der Waals surface area (Å²) in [7, 11) is -3.48. The lowest BCUT2D eigenvalue weighted by atomic mass is 10.1. The van der Waals surface area contributed by atoms with Crippen LogP contribution in [0.4, 0.5) is 5.82 Å². The van der Waals surface area contributed by atoms with Crippen molar-refractivity contribution in [3.63, 3.8) is 0 Å². The zero-order chi connectivity index (χ0) is 20.0. The minimum absolute atomic E-state index is 0.156. The maximum absolute atomic E-state index is 13.1. The lowest BCUT2D eigenvalue weighted by Gasteiger charge is -2.18. The van der Waals surface area contributed by atoms with Crippen molar-refractivity contribution >= 4 is 32.7 Å². The Morgan fingerprint density at radius 3 is 2.41 bits per heavy atom. The molecule has 0 radical (unpaired) electrons. The van der Waals surface area contributed by atoms with E-state index in [0.717, 1.165) is 35.7 Å². The number of amides is 1. The van der Waals surface area contributed by atoms with Crippen molar-refractivity contribution in [1.29, 1.82) is 0 Å². The van der Waals surface area contributed by atoms with Gasteiger partial charge in [0.15, 0.2) is 0 Å². The number of aromatic nitrogens is 1. The minimum Gasteiger partial charge on any atom is -0.292 e. The maximum Gasteiger partial charge on any atom is 0.259 e. The van der Waals surface area contributed by atoms with Crippen molar-refractivity contribution < 1.29 is 13.2 Å². The predicted octanol–water partition coefficient (Wildman–Crippen LogP) is 3.22. The second-order valence-corrected chi connectivity index (χ2v) is 9.44. The Morgan fingerprint density at radius 1 is 0.931 bits per heavy atom. The number of para-hydroxylation sites is 1. The number of pyridine rings is 1. The second kappa shape index (κ2) is 6.93. The van der Waals surface area contributed by atoms with Gasteiger partial charge in [-0.25, -0.2) is 13.4 Å². The third-order valence-corrected chi connectivity index (χ3v) is 7.60. The SMILES string of the molecule is O=C(c1ccc(S(=O)(=O)N2CCCC2)cc1)N1CCc2cc3ccccc3nc21. The van der Waals surface area contributed by atoms with E-state index in [1.807, 2.05) is 24.3 Å². The Kier molecular flexibility index (Phi) is 4.37. The third kappa shape index (κ3) is 3.10. The van der Waals surface area contributed by atoms with Crippen LogP contribution in [-0.2, 0) is 16.4 Å². The van der Waals surface area contributed by atoms with Crippen LogP contribution in [0.2, 0.25) is 0 Å². The van der Waals surface area contributed by atoms with Crippen LogP contribution < -0.4 is 4.90 Å². The first kappa shape index (κ1) is 18.3. The van der Waals surface area contributed by atoms with Gasteiger partial charge in [0.1, 0.15) is 5.82 Å². The highest BCUT2D eigenvalue weighted by atomic mass is 32.2. The van der Waals surface area contributed by atoms with E-state index < -0.39 is 10.0 Å². The first-order valence-electron chi connectivity index (χ1n) is 9.85. The molecule has 0 atom stereocenters. The summed E-state index contributed by atoms with van der Waals surface area (Å²) in [5.41, 5.74) is 2.39. The Labute approximate surface area is 169 Å². The van der Waals surface area contributed by atoms with Gasteiger partial charge in [-0.2, -0.15) is 4.31 Å². The van der Waals surface area contributed by atoms with Crippen molar-refractivity contribution in [2.24, 2.45) is 0 Å². The largest absolute Gasteiger partial charge is 0.292 e. The summed E-state index contributed by atoms with van der Waals surface area (Å²) in [5.74, 6) is 0.541. The highest BCUT2D eigenvalue weighted by molar-refractivity contribution is 7.89. The number of benzene rings is 2. The van der Waals surface area contributed by atoms with E-state index in [1.54, 1.807) is 17.0 Å². The molecular weight excluding hydrogens is 386 g/mol. The summed E-state index contributed by atoms with van der Waals surface area (Å²) in [6.07, 6.45) is 2.55. The number of carbonyl (C=O) groups is 1. The molecule has 2 aromatic carbocycles. The van der Waals surface area contributed by atoms with Gasteiger partial charge in [0, 0.05) is 30.6 Å². The fraction of sp³-hybridized carbons (Fsp3) is 0.273. The van der Waals surface area contributed by atoms with Crippen LogP contribution in [0.1, 0.15) is 28.8 Å². The summed E-state index contributed by atoms with van der Waals surface area (Å²) in [6.45, 7) is 1.70. The Morgan fingerprint density at radius 2 is 1.66 bits per heavy atom. The molecule has 2 aliphatic heterocycles. The van der Waals surface area contributed by atoms with Crippen molar-refractivity contribution in [3.8, 4) is 0 Å². The van der Waals surface area contributed by atoms with Crippen LogP contribution in [0.3, 0.4) is 0 Å².